The number of rotatable bonds is 1. The lowest BCUT2D eigenvalue weighted by molar-refractivity contribution is -0.129. The predicted molar refractivity (Wildman–Crippen MR) is 50.6 cm³/mol. The third-order valence-electron chi connectivity index (χ3n) is 2.18. The fourth-order valence-electron chi connectivity index (χ4n) is 1.35. The molecule has 1 fully saturated rings. The molecule has 76 valence electrons. The van der Waals surface area contributed by atoms with E-state index in [0.717, 1.165) is 0 Å². The highest BCUT2D eigenvalue weighted by Gasteiger charge is 2.22. The standard InChI is InChI=1S/C7H15N3O2S/c1-7(11)9-3-5-10(6-4-9)13(2,8)12/h8H,3-6H2,1-2H3. The van der Waals surface area contributed by atoms with Gasteiger partial charge in [0.15, 0.2) is 0 Å². The molecule has 1 N–H and O–H groups in total. The number of carbonyl (C=O) groups excluding carboxylic acids is 1. The van der Waals surface area contributed by atoms with Crippen molar-refractivity contribution in [3.63, 3.8) is 0 Å². The minimum absolute atomic E-state index is 0.0484. The van der Waals surface area contributed by atoms with E-state index in [2.05, 4.69) is 0 Å². The molecule has 0 aromatic heterocycles. The lowest BCUT2D eigenvalue weighted by Crippen LogP contribution is -2.49. The van der Waals surface area contributed by atoms with Gasteiger partial charge in [-0.25, -0.2) is 13.3 Å². The molecule has 13 heavy (non-hydrogen) atoms. The van der Waals surface area contributed by atoms with Gasteiger partial charge in [0.1, 0.15) is 9.92 Å². The Morgan fingerprint density at radius 1 is 1.31 bits per heavy atom. The molecular formula is C7H15N3O2S. The quantitative estimate of drug-likeness (QED) is 0.641. The summed E-state index contributed by atoms with van der Waals surface area (Å²) < 4.78 is 20.3. The van der Waals surface area contributed by atoms with Crippen LogP contribution in [0, 0.1) is 4.78 Å². The van der Waals surface area contributed by atoms with Crippen molar-refractivity contribution in [2.45, 2.75) is 6.92 Å². The highest BCUT2D eigenvalue weighted by molar-refractivity contribution is 7.89. The summed E-state index contributed by atoms with van der Waals surface area (Å²) in [5.41, 5.74) is 0. The molecule has 0 saturated carbocycles. The molecule has 1 heterocycles. The Bertz CT molecular complexity index is 291. The fourth-order valence-corrected chi connectivity index (χ4v) is 2.21. The Balaban J connectivity index is 2.53. The van der Waals surface area contributed by atoms with Crippen molar-refractivity contribution in [2.75, 3.05) is 32.4 Å². The van der Waals surface area contributed by atoms with E-state index in [-0.39, 0.29) is 5.91 Å². The molecule has 1 unspecified atom stereocenters. The number of amides is 1. The Kier molecular flexibility index (Phi) is 2.92. The summed E-state index contributed by atoms with van der Waals surface area (Å²) >= 11 is 0. The van der Waals surface area contributed by atoms with E-state index in [1.54, 1.807) is 9.21 Å². The summed E-state index contributed by atoms with van der Waals surface area (Å²) in [7, 11) is -2.58. The first-order chi connectivity index (χ1) is 5.91. The summed E-state index contributed by atoms with van der Waals surface area (Å²) in [4.78, 5) is 12.7. The monoisotopic (exact) mass is 205 g/mol. The highest BCUT2D eigenvalue weighted by Crippen LogP contribution is 2.06. The molecule has 0 aliphatic carbocycles. The van der Waals surface area contributed by atoms with E-state index in [1.165, 1.54) is 13.2 Å². The molecule has 5 nitrogen and oxygen atoms in total. The molecule has 1 aliphatic heterocycles. The summed E-state index contributed by atoms with van der Waals surface area (Å²) in [6.07, 6.45) is 1.41. The van der Waals surface area contributed by atoms with Crippen LogP contribution in [0.2, 0.25) is 0 Å². The van der Waals surface area contributed by atoms with Gasteiger partial charge in [-0.2, -0.15) is 0 Å². The third-order valence-corrected chi connectivity index (χ3v) is 3.53. The van der Waals surface area contributed by atoms with E-state index in [1.807, 2.05) is 0 Å². The normalized spacial score (nSPS) is 24.0. The largest absolute Gasteiger partial charge is 0.340 e. The summed E-state index contributed by atoms with van der Waals surface area (Å²) in [6.45, 7) is 3.77. The van der Waals surface area contributed by atoms with Crippen LogP contribution in [-0.4, -0.2) is 51.8 Å². The van der Waals surface area contributed by atoms with Crippen molar-refractivity contribution in [3.05, 3.63) is 0 Å². The number of nitrogens with one attached hydrogen (secondary N) is 1. The van der Waals surface area contributed by atoms with Crippen LogP contribution in [0.15, 0.2) is 0 Å². The number of hydrogen-bond acceptors (Lipinski definition) is 3. The van der Waals surface area contributed by atoms with Crippen LogP contribution in [0.4, 0.5) is 0 Å². The Morgan fingerprint density at radius 2 is 1.77 bits per heavy atom. The summed E-state index contributed by atoms with van der Waals surface area (Å²) in [5.74, 6) is 0.0484. The number of piperazine rings is 1. The maximum Gasteiger partial charge on any atom is 0.219 e. The second-order valence-electron chi connectivity index (χ2n) is 3.24. The van der Waals surface area contributed by atoms with Gasteiger partial charge in [-0.05, 0) is 0 Å². The molecular weight excluding hydrogens is 190 g/mol. The third kappa shape index (κ3) is 2.67. The maximum atomic E-state index is 11.3. The second-order valence-corrected chi connectivity index (χ2v) is 5.36. The zero-order valence-corrected chi connectivity index (χ0v) is 8.76. The molecule has 1 atom stereocenters. The van der Waals surface area contributed by atoms with E-state index in [0.29, 0.717) is 26.2 Å². The minimum atomic E-state index is -2.58. The first kappa shape index (κ1) is 10.5. The van der Waals surface area contributed by atoms with E-state index < -0.39 is 9.92 Å². The lowest BCUT2D eigenvalue weighted by Gasteiger charge is -2.33. The minimum Gasteiger partial charge on any atom is -0.340 e. The van der Waals surface area contributed by atoms with Gasteiger partial charge in [0, 0.05) is 39.4 Å². The lowest BCUT2D eigenvalue weighted by atomic mass is 10.3. The molecule has 1 saturated heterocycles. The Labute approximate surface area is 78.8 Å². The molecule has 0 aromatic carbocycles. The first-order valence-electron chi connectivity index (χ1n) is 4.15. The van der Waals surface area contributed by atoms with Gasteiger partial charge in [-0.1, -0.05) is 0 Å². The fraction of sp³-hybridized carbons (Fsp3) is 0.857. The predicted octanol–water partition coefficient (Wildman–Crippen LogP) is -0.258. The Morgan fingerprint density at radius 3 is 2.08 bits per heavy atom. The highest BCUT2D eigenvalue weighted by atomic mass is 32.2. The van der Waals surface area contributed by atoms with E-state index >= 15 is 0 Å². The molecule has 6 heteroatoms. The van der Waals surface area contributed by atoms with Crippen LogP contribution >= 0.6 is 0 Å². The van der Waals surface area contributed by atoms with Crippen LogP contribution in [0.3, 0.4) is 0 Å². The van der Waals surface area contributed by atoms with Gasteiger partial charge in [-0.3, -0.25) is 4.79 Å². The van der Waals surface area contributed by atoms with Crippen LogP contribution in [0.25, 0.3) is 0 Å². The molecule has 1 rings (SSSR count). The first-order valence-corrected chi connectivity index (χ1v) is 6.08. The number of hydrogen-bond donors (Lipinski definition) is 1. The average molecular weight is 205 g/mol. The summed E-state index contributed by atoms with van der Waals surface area (Å²) in [6, 6.07) is 0. The molecule has 0 spiro atoms. The van der Waals surface area contributed by atoms with Gasteiger partial charge < -0.3 is 4.90 Å². The van der Waals surface area contributed by atoms with Gasteiger partial charge >= 0.3 is 0 Å². The van der Waals surface area contributed by atoms with Crippen LogP contribution in [0.1, 0.15) is 6.92 Å². The van der Waals surface area contributed by atoms with Crippen molar-refractivity contribution >= 4 is 15.8 Å². The maximum absolute atomic E-state index is 11.3. The average Bonchev–Trinajstić information content (AvgIpc) is 2.03. The van der Waals surface area contributed by atoms with Crippen LogP contribution < -0.4 is 0 Å². The topological polar surface area (TPSA) is 64.5 Å². The van der Waals surface area contributed by atoms with Crippen molar-refractivity contribution < 1.29 is 9.00 Å². The van der Waals surface area contributed by atoms with Crippen molar-refractivity contribution in [1.82, 2.24) is 9.21 Å². The van der Waals surface area contributed by atoms with Crippen LogP contribution in [-0.2, 0) is 14.7 Å². The molecule has 0 bridgehead atoms. The Hall–Kier alpha value is -0.620. The van der Waals surface area contributed by atoms with Crippen molar-refractivity contribution in [1.29, 1.82) is 4.78 Å². The molecule has 0 radical (unpaired) electrons. The molecule has 0 aromatic rings. The zero-order chi connectivity index (χ0) is 10.1. The molecule has 1 aliphatic rings. The van der Waals surface area contributed by atoms with Crippen molar-refractivity contribution in [3.8, 4) is 0 Å². The SMILES string of the molecule is CC(=O)N1CCN(S(C)(=N)=O)CC1. The second kappa shape index (κ2) is 3.63. The molecule has 1 amide bonds. The van der Waals surface area contributed by atoms with E-state index in [9.17, 15) is 9.00 Å². The van der Waals surface area contributed by atoms with Gasteiger partial charge in [-0.15, -0.1) is 0 Å². The van der Waals surface area contributed by atoms with Gasteiger partial charge in [0.2, 0.25) is 5.91 Å². The van der Waals surface area contributed by atoms with Gasteiger partial charge in [0.05, 0.1) is 0 Å². The van der Waals surface area contributed by atoms with Gasteiger partial charge in [0.25, 0.3) is 0 Å². The number of nitrogens with zero attached hydrogens (tertiary/aromatic N) is 2. The zero-order valence-electron chi connectivity index (χ0n) is 7.95. The van der Waals surface area contributed by atoms with E-state index in [4.69, 9.17) is 4.78 Å². The summed E-state index contributed by atoms with van der Waals surface area (Å²) in [5, 5.41) is 0. The van der Waals surface area contributed by atoms with Crippen LogP contribution in [0.5, 0.6) is 0 Å². The van der Waals surface area contributed by atoms with Crippen molar-refractivity contribution in [2.24, 2.45) is 0 Å². The number of carbonyl (C=O) groups is 1. The smallest absolute Gasteiger partial charge is 0.219 e.